The second kappa shape index (κ2) is 8.16. The lowest BCUT2D eigenvalue weighted by Gasteiger charge is -2.20. The molecule has 0 aromatic carbocycles. The molecule has 0 saturated heterocycles. The van der Waals surface area contributed by atoms with Gasteiger partial charge < -0.3 is 26.2 Å². The van der Waals surface area contributed by atoms with E-state index in [0.29, 0.717) is 6.42 Å². The van der Waals surface area contributed by atoms with Crippen molar-refractivity contribution in [3.05, 3.63) is 11.9 Å². The molecule has 1 atom stereocenters. The summed E-state index contributed by atoms with van der Waals surface area (Å²) in [6, 6.07) is -0.796. The van der Waals surface area contributed by atoms with Crippen molar-refractivity contribution >= 4 is 19.4 Å². The Morgan fingerprint density at radius 3 is 2.30 bits per heavy atom. The molecule has 1 unspecified atom stereocenters. The van der Waals surface area contributed by atoms with Gasteiger partial charge in [-0.15, -0.1) is 0 Å². The molecule has 116 valence electrons. The average Bonchev–Trinajstić information content (AvgIpc) is 2.32. The highest BCUT2D eigenvalue weighted by atomic mass is 31.2. The fraction of sp³-hybridized carbons (Fsp3) is 0.636. The van der Waals surface area contributed by atoms with Crippen LogP contribution in [0.15, 0.2) is 11.9 Å². The number of hydrogen-bond donors (Lipinski definition) is 5. The Morgan fingerprint density at radius 1 is 1.35 bits per heavy atom. The molecule has 0 rings (SSSR count). The third-order valence-electron chi connectivity index (χ3n) is 2.42. The van der Waals surface area contributed by atoms with Gasteiger partial charge in [0, 0.05) is 0 Å². The summed E-state index contributed by atoms with van der Waals surface area (Å²) in [6.45, 7) is 6.38. The first-order valence-corrected chi connectivity index (χ1v) is 7.70. The molecular weight excluding hydrogens is 285 g/mol. The number of carbonyl (C=O) groups excluding carboxylic acids is 2. The zero-order valence-electron chi connectivity index (χ0n) is 11.6. The molecule has 0 aliphatic rings. The molecule has 0 spiro atoms. The van der Waals surface area contributed by atoms with E-state index in [2.05, 4.69) is 17.2 Å². The maximum Gasteiger partial charge on any atom is 0.353 e. The fourth-order valence-electron chi connectivity index (χ4n) is 1.37. The van der Waals surface area contributed by atoms with Gasteiger partial charge in [0.25, 0.3) is 0 Å². The molecule has 0 radical (unpaired) electrons. The lowest BCUT2D eigenvalue weighted by Crippen LogP contribution is -2.49. The molecule has 0 saturated carbocycles. The smallest absolute Gasteiger partial charge is 0.350 e. The van der Waals surface area contributed by atoms with Crippen molar-refractivity contribution in [3.8, 4) is 0 Å². The summed E-state index contributed by atoms with van der Waals surface area (Å²) in [5.74, 6) is -0.858. The number of hydrogen-bond acceptors (Lipinski definition) is 4. The van der Waals surface area contributed by atoms with Crippen LogP contribution in [0.25, 0.3) is 0 Å². The van der Waals surface area contributed by atoms with Gasteiger partial charge in [0.2, 0.25) is 11.8 Å². The van der Waals surface area contributed by atoms with E-state index in [9.17, 15) is 14.2 Å². The van der Waals surface area contributed by atoms with Crippen LogP contribution in [-0.4, -0.2) is 40.7 Å². The molecule has 2 amide bonds. The van der Waals surface area contributed by atoms with Gasteiger partial charge >= 0.3 is 7.60 Å². The maximum atomic E-state index is 11.9. The van der Waals surface area contributed by atoms with Crippen LogP contribution in [0.1, 0.15) is 20.3 Å². The minimum atomic E-state index is -4.42. The van der Waals surface area contributed by atoms with Crippen LogP contribution in [-0.2, 0) is 14.2 Å². The number of amides is 2. The number of carbonyl (C=O) groups is 2. The second-order valence-corrected chi connectivity index (χ2v) is 6.50. The van der Waals surface area contributed by atoms with Crippen LogP contribution in [0.2, 0.25) is 0 Å². The van der Waals surface area contributed by atoms with E-state index in [-0.39, 0.29) is 24.3 Å². The summed E-state index contributed by atoms with van der Waals surface area (Å²) in [4.78, 5) is 40.8. The normalized spacial score (nSPS) is 12.9. The van der Waals surface area contributed by atoms with Gasteiger partial charge in [0.05, 0.1) is 18.4 Å². The quantitative estimate of drug-likeness (QED) is 0.375. The molecule has 0 heterocycles. The molecule has 0 aliphatic carbocycles. The standard InChI is InChI=1S/C11H22N3O5P/c1-7(2)4-9(14-10(15)5-12)11(16)13-6-8(3)20(17,18)19/h7,9H,3-6,12H2,1-2H3,(H,13,16)(H,14,15)(H2,17,18,19). The largest absolute Gasteiger partial charge is 0.353 e. The van der Waals surface area contributed by atoms with Crippen LogP contribution in [0.5, 0.6) is 0 Å². The zero-order chi connectivity index (χ0) is 15.9. The SMILES string of the molecule is C=C(CNC(=O)C(CC(C)C)NC(=O)CN)P(=O)(O)O. The Labute approximate surface area is 118 Å². The third-order valence-corrected chi connectivity index (χ3v) is 3.40. The van der Waals surface area contributed by atoms with Crippen LogP contribution in [0, 0.1) is 5.92 Å². The van der Waals surface area contributed by atoms with Gasteiger partial charge in [-0.05, 0) is 12.3 Å². The fourth-order valence-corrected chi connectivity index (χ4v) is 1.66. The summed E-state index contributed by atoms with van der Waals surface area (Å²) in [7, 11) is -4.42. The van der Waals surface area contributed by atoms with Crippen molar-refractivity contribution in [2.24, 2.45) is 11.7 Å². The Morgan fingerprint density at radius 2 is 1.90 bits per heavy atom. The van der Waals surface area contributed by atoms with Gasteiger partial charge in [0.1, 0.15) is 6.04 Å². The summed E-state index contributed by atoms with van der Waals surface area (Å²) in [5.41, 5.74) is 5.17. The van der Waals surface area contributed by atoms with Gasteiger partial charge in [0.15, 0.2) is 0 Å². The minimum absolute atomic E-state index is 0.147. The highest BCUT2D eigenvalue weighted by Crippen LogP contribution is 2.42. The first-order chi connectivity index (χ1) is 9.07. The number of nitrogens with one attached hydrogen (secondary N) is 2. The van der Waals surface area contributed by atoms with Crippen LogP contribution >= 0.6 is 7.60 Å². The monoisotopic (exact) mass is 307 g/mol. The van der Waals surface area contributed by atoms with Crippen LogP contribution in [0.3, 0.4) is 0 Å². The Hall–Kier alpha value is -1.21. The maximum absolute atomic E-state index is 11.9. The summed E-state index contributed by atoms with van der Waals surface area (Å²) in [6.07, 6.45) is 0.389. The molecule has 0 aliphatic heterocycles. The molecule has 0 fully saturated rings. The van der Waals surface area contributed by atoms with Crippen molar-refractivity contribution in [3.63, 3.8) is 0 Å². The lowest BCUT2D eigenvalue weighted by atomic mass is 10.0. The first kappa shape index (κ1) is 18.8. The average molecular weight is 307 g/mol. The zero-order valence-corrected chi connectivity index (χ0v) is 12.5. The molecule has 6 N–H and O–H groups in total. The highest BCUT2D eigenvalue weighted by Gasteiger charge is 2.24. The molecule has 0 bridgehead atoms. The minimum Gasteiger partial charge on any atom is -0.350 e. The predicted molar refractivity (Wildman–Crippen MR) is 74.6 cm³/mol. The molecule has 0 aromatic heterocycles. The topological polar surface area (TPSA) is 142 Å². The molecule has 9 heteroatoms. The van der Waals surface area contributed by atoms with E-state index in [1.54, 1.807) is 0 Å². The third kappa shape index (κ3) is 7.40. The van der Waals surface area contributed by atoms with E-state index in [1.165, 1.54) is 0 Å². The summed E-state index contributed by atoms with van der Waals surface area (Å²) >= 11 is 0. The van der Waals surface area contributed by atoms with Gasteiger partial charge in [-0.25, -0.2) is 0 Å². The predicted octanol–water partition coefficient (Wildman–Crippen LogP) is -0.716. The Balaban J connectivity index is 4.59. The van der Waals surface area contributed by atoms with E-state index in [4.69, 9.17) is 15.5 Å². The van der Waals surface area contributed by atoms with Crippen molar-refractivity contribution in [1.29, 1.82) is 0 Å². The first-order valence-electron chi connectivity index (χ1n) is 6.09. The van der Waals surface area contributed by atoms with Crippen molar-refractivity contribution in [1.82, 2.24) is 10.6 Å². The van der Waals surface area contributed by atoms with E-state index < -0.39 is 25.5 Å². The van der Waals surface area contributed by atoms with Gasteiger partial charge in [-0.1, -0.05) is 20.4 Å². The van der Waals surface area contributed by atoms with Crippen molar-refractivity contribution in [2.45, 2.75) is 26.3 Å². The number of rotatable bonds is 8. The lowest BCUT2D eigenvalue weighted by molar-refractivity contribution is -0.128. The van der Waals surface area contributed by atoms with Gasteiger partial charge in [-0.2, -0.15) is 0 Å². The van der Waals surface area contributed by atoms with Crippen LogP contribution in [0.4, 0.5) is 0 Å². The molecule has 8 nitrogen and oxygen atoms in total. The second-order valence-electron chi connectivity index (χ2n) is 4.78. The Kier molecular flexibility index (Phi) is 7.67. The molecule has 20 heavy (non-hydrogen) atoms. The van der Waals surface area contributed by atoms with Crippen molar-refractivity contribution in [2.75, 3.05) is 13.1 Å². The van der Waals surface area contributed by atoms with E-state index >= 15 is 0 Å². The summed E-state index contributed by atoms with van der Waals surface area (Å²) < 4.78 is 10.9. The van der Waals surface area contributed by atoms with Gasteiger partial charge in [-0.3, -0.25) is 14.2 Å². The Bertz CT molecular complexity index is 418. The van der Waals surface area contributed by atoms with E-state index in [0.717, 1.165) is 0 Å². The molecule has 0 aromatic rings. The van der Waals surface area contributed by atoms with Crippen LogP contribution < -0.4 is 16.4 Å². The van der Waals surface area contributed by atoms with E-state index in [1.807, 2.05) is 13.8 Å². The van der Waals surface area contributed by atoms with Crippen molar-refractivity contribution < 1.29 is 23.9 Å². The molecular formula is C11H22N3O5P. The summed E-state index contributed by atoms with van der Waals surface area (Å²) in [5, 5.41) is 4.41. The number of nitrogens with two attached hydrogens (primary N) is 1. The highest BCUT2D eigenvalue weighted by molar-refractivity contribution is 7.56.